The van der Waals surface area contributed by atoms with Crippen LogP contribution in [0.1, 0.15) is 0 Å². The Hall–Kier alpha value is -2.01. The zero-order valence-electron chi connectivity index (χ0n) is 4.79. The summed E-state index contributed by atoms with van der Waals surface area (Å²) in [7, 11) is 0. The van der Waals surface area contributed by atoms with E-state index in [1.807, 2.05) is 0 Å². The fourth-order valence-electron chi connectivity index (χ4n) is 0.471. The van der Waals surface area contributed by atoms with Gasteiger partial charge < -0.3 is 0 Å². The average molecular weight is 131 g/mol. The van der Waals surface area contributed by atoms with Crippen molar-refractivity contribution in [3.63, 3.8) is 0 Å². The zero-order chi connectivity index (χ0) is 7.56. The lowest BCUT2D eigenvalue weighted by Crippen LogP contribution is -2.01. The van der Waals surface area contributed by atoms with E-state index in [1.165, 1.54) is 0 Å². The first-order chi connectivity index (χ1) is 4.77. The second-order valence-electron chi connectivity index (χ2n) is 1.47. The Morgan fingerprint density at radius 3 is 2.20 bits per heavy atom. The molecule has 0 atom stereocenters. The van der Waals surface area contributed by atoms with Gasteiger partial charge in [0.25, 0.3) is 0 Å². The summed E-state index contributed by atoms with van der Waals surface area (Å²) < 4.78 is 0. The van der Waals surface area contributed by atoms with Crippen molar-refractivity contribution in [2.75, 3.05) is 0 Å². The van der Waals surface area contributed by atoms with Crippen molar-refractivity contribution >= 4 is 17.4 Å². The summed E-state index contributed by atoms with van der Waals surface area (Å²) in [5.74, 6) is -0.361. The Morgan fingerprint density at radius 1 is 1.20 bits per heavy atom. The largest absolute Gasteiger partial charge is 0.280 e. The average Bonchev–Trinajstić information content (AvgIpc) is 2.30. The molecule has 46 valence electrons. The molecule has 0 aliphatic carbocycles. The van der Waals surface area contributed by atoms with Crippen LogP contribution in [-0.4, -0.2) is 17.4 Å². The summed E-state index contributed by atoms with van der Waals surface area (Å²) >= 11 is 0. The van der Waals surface area contributed by atoms with E-state index in [2.05, 4.69) is 9.98 Å². The molecule has 0 aromatic carbocycles. The molecule has 5 nitrogen and oxygen atoms in total. The highest BCUT2D eigenvalue weighted by atomic mass is 15.0. The molecule has 0 aromatic rings. The van der Waals surface area contributed by atoms with Gasteiger partial charge in [0.05, 0.1) is 0 Å². The van der Waals surface area contributed by atoms with Crippen LogP contribution >= 0.6 is 0 Å². The molecular weight excluding hydrogens is 130 g/mol. The quantitative estimate of drug-likeness (QED) is 0.495. The number of hydrogen-bond donors (Lipinski definition) is 1. The van der Waals surface area contributed by atoms with Crippen LogP contribution in [0, 0.1) is 28.1 Å². The van der Waals surface area contributed by atoms with Crippen LogP contribution in [0.2, 0.25) is 0 Å². The molecule has 0 saturated carbocycles. The molecule has 0 bridgehead atoms. The molecule has 1 aliphatic rings. The lowest BCUT2D eigenvalue weighted by molar-refractivity contribution is 1.48. The van der Waals surface area contributed by atoms with Crippen LogP contribution in [0.5, 0.6) is 0 Å². The number of hydrogen-bond acceptors (Lipinski definition) is 4. The number of nitrogens with zero attached hydrogens (tertiary/aromatic N) is 4. The number of amidine groups is 2. The van der Waals surface area contributed by atoms with E-state index >= 15 is 0 Å². The van der Waals surface area contributed by atoms with E-state index < -0.39 is 0 Å². The minimum absolute atomic E-state index is 0.100. The first kappa shape index (κ1) is 6.12. The Kier molecular flexibility index (Phi) is 1.27. The van der Waals surface area contributed by atoms with Gasteiger partial charge in [-0.3, -0.25) is 5.41 Å². The number of aliphatic imine (C=N–C) groups is 2. The highest BCUT2D eigenvalue weighted by Gasteiger charge is 2.14. The smallest absolute Gasteiger partial charge is 0.235 e. The lowest BCUT2D eigenvalue weighted by atomic mass is 10.4. The monoisotopic (exact) mass is 131 g/mol. The fourth-order valence-corrected chi connectivity index (χ4v) is 0.471. The van der Waals surface area contributed by atoms with Gasteiger partial charge in [-0.15, -0.1) is 0 Å². The summed E-state index contributed by atoms with van der Waals surface area (Å²) in [6.45, 7) is 0. The van der Waals surface area contributed by atoms with Crippen molar-refractivity contribution in [3.8, 4) is 12.1 Å². The van der Waals surface area contributed by atoms with Gasteiger partial charge in [-0.25, -0.2) is 4.99 Å². The van der Waals surface area contributed by atoms with E-state index in [9.17, 15) is 0 Å². The van der Waals surface area contributed by atoms with Crippen molar-refractivity contribution < 1.29 is 0 Å². The minimum Gasteiger partial charge on any atom is -0.280 e. The van der Waals surface area contributed by atoms with E-state index in [4.69, 9.17) is 15.9 Å². The highest BCUT2D eigenvalue weighted by Crippen LogP contribution is 1.96. The van der Waals surface area contributed by atoms with Gasteiger partial charge in [-0.05, 0) is 0 Å². The topological polar surface area (TPSA) is 96.1 Å². The Labute approximate surface area is 56.5 Å². The van der Waals surface area contributed by atoms with Gasteiger partial charge in [-0.2, -0.15) is 15.5 Å². The molecule has 0 aromatic heterocycles. The second kappa shape index (κ2) is 2.08. The molecule has 0 spiro atoms. The molecule has 0 amide bonds. The standard InChI is InChI=1S/C5HN5/c6-1-3-5(8)10-4(2-7)9-3/h8H. The minimum atomic E-state index is -0.237. The van der Waals surface area contributed by atoms with Crippen molar-refractivity contribution in [2.45, 2.75) is 0 Å². The summed E-state index contributed by atoms with van der Waals surface area (Å²) in [5.41, 5.74) is -0.100. The molecule has 1 rings (SSSR count). The number of rotatable bonds is 0. The molecule has 0 saturated heterocycles. The molecule has 5 heteroatoms. The predicted octanol–water partition coefficient (Wildman–Crippen LogP) is -0.136. The zero-order valence-corrected chi connectivity index (χ0v) is 4.79. The number of nitriles is 2. The van der Waals surface area contributed by atoms with E-state index in [1.54, 1.807) is 12.1 Å². The van der Waals surface area contributed by atoms with Crippen molar-refractivity contribution in [3.05, 3.63) is 0 Å². The Bertz CT molecular complexity index is 306. The first-order valence-corrected chi connectivity index (χ1v) is 2.34. The Balaban J connectivity index is 3.05. The second-order valence-corrected chi connectivity index (χ2v) is 1.47. The fraction of sp³-hybridized carbons (Fsp3) is 0. The van der Waals surface area contributed by atoms with Crippen LogP contribution in [0.4, 0.5) is 0 Å². The summed E-state index contributed by atoms with van der Waals surface area (Å²) in [5, 5.41) is 23.4. The van der Waals surface area contributed by atoms with Gasteiger partial charge in [0.15, 0.2) is 11.5 Å². The van der Waals surface area contributed by atoms with Crippen LogP contribution < -0.4 is 0 Å². The van der Waals surface area contributed by atoms with Crippen LogP contribution in [0.25, 0.3) is 0 Å². The molecule has 1 heterocycles. The maximum Gasteiger partial charge on any atom is 0.235 e. The van der Waals surface area contributed by atoms with Gasteiger partial charge in [-0.1, -0.05) is 0 Å². The normalized spacial score (nSPS) is 15.2. The van der Waals surface area contributed by atoms with Crippen LogP contribution in [0.3, 0.4) is 0 Å². The SMILES string of the molecule is N#CC1=NC(=N)C(C#N)=N1. The third-order valence-electron chi connectivity index (χ3n) is 0.866. The van der Waals surface area contributed by atoms with Gasteiger partial charge in [0.2, 0.25) is 5.84 Å². The predicted molar refractivity (Wildman–Crippen MR) is 33.8 cm³/mol. The number of nitrogens with one attached hydrogen (secondary N) is 1. The molecular formula is C5HN5. The molecule has 0 fully saturated rings. The highest BCUT2D eigenvalue weighted by molar-refractivity contribution is 6.52. The van der Waals surface area contributed by atoms with E-state index in [-0.39, 0.29) is 17.4 Å². The summed E-state index contributed by atoms with van der Waals surface area (Å²) in [4.78, 5) is 6.80. The van der Waals surface area contributed by atoms with Gasteiger partial charge in [0, 0.05) is 0 Å². The lowest BCUT2D eigenvalue weighted by Gasteiger charge is -1.76. The summed E-state index contributed by atoms with van der Waals surface area (Å²) in [6, 6.07) is 3.27. The van der Waals surface area contributed by atoms with Crippen molar-refractivity contribution in [2.24, 2.45) is 9.98 Å². The molecule has 10 heavy (non-hydrogen) atoms. The third-order valence-corrected chi connectivity index (χ3v) is 0.866. The maximum absolute atomic E-state index is 8.25. The third kappa shape index (κ3) is 0.762. The summed E-state index contributed by atoms with van der Waals surface area (Å²) in [6.07, 6.45) is 0. The Morgan fingerprint density at radius 2 is 1.90 bits per heavy atom. The molecule has 1 aliphatic heterocycles. The van der Waals surface area contributed by atoms with E-state index in [0.717, 1.165) is 0 Å². The van der Waals surface area contributed by atoms with Crippen molar-refractivity contribution in [1.29, 1.82) is 15.9 Å². The molecule has 1 N–H and O–H groups in total. The van der Waals surface area contributed by atoms with Crippen LogP contribution in [-0.2, 0) is 0 Å². The molecule has 0 radical (unpaired) electrons. The van der Waals surface area contributed by atoms with E-state index in [0.29, 0.717) is 0 Å². The molecule has 0 unspecified atom stereocenters. The first-order valence-electron chi connectivity index (χ1n) is 2.34. The van der Waals surface area contributed by atoms with Gasteiger partial charge >= 0.3 is 0 Å². The van der Waals surface area contributed by atoms with Gasteiger partial charge in [0.1, 0.15) is 12.1 Å². The van der Waals surface area contributed by atoms with Crippen molar-refractivity contribution in [1.82, 2.24) is 0 Å². The van der Waals surface area contributed by atoms with Crippen LogP contribution in [0.15, 0.2) is 9.98 Å². The maximum atomic E-state index is 8.25.